The summed E-state index contributed by atoms with van der Waals surface area (Å²) in [5.41, 5.74) is 5.46. The molecular formula is C26H37N5O6. The van der Waals surface area contributed by atoms with E-state index < -0.39 is 23.1 Å². The van der Waals surface area contributed by atoms with Gasteiger partial charge in [0.25, 0.3) is 5.56 Å². The van der Waals surface area contributed by atoms with Crippen molar-refractivity contribution < 1.29 is 19.1 Å². The molecular weight excluding hydrogens is 478 g/mol. The minimum Gasteiger partial charge on any atom is -0.493 e. The molecule has 1 aromatic heterocycles. The van der Waals surface area contributed by atoms with Gasteiger partial charge in [-0.25, -0.2) is 4.79 Å². The van der Waals surface area contributed by atoms with Crippen molar-refractivity contribution in [1.29, 1.82) is 0 Å². The van der Waals surface area contributed by atoms with Crippen molar-refractivity contribution in [2.75, 3.05) is 45.0 Å². The zero-order chi connectivity index (χ0) is 27.9. The van der Waals surface area contributed by atoms with Crippen LogP contribution < -0.4 is 31.4 Å². The highest BCUT2D eigenvalue weighted by molar-refractivity contribution is 6.00. The second-order valence-electron chi connectivity index (χ2n) is 9.54. The van der Waals surface area contributed by atoms with Crippen LogP contribution in [0, 0.1) is 11.8 Å². The van der Waals surface area contributed by atoms with E-state index in [-0.39, 0.29) is 43.0 Å². The van der Waals surface area contributed by atoms with Crippen molar-refractivity contribution in [3.8, 4) is 11.5 Å². The van der Waals surface area contributed by atoms with Gasteiger partial charge in [-0.05, 0) is 35.6 Å². The molecule has 0 radical (unpaired) electrons. The second-order valence-corrected chi connectivity index (χ2v) is 9.54. The van der Waals surface area contributed by atoms with Crippen molar-refractivity contribution in [2.45, 2.75) is 34.2 Å². The Labute approximate surface area is 216 Å². The molecule has 0 unspecified atom stereocenters. The Balaban J connectivity index is 2.30. The number of H-pyrrole nitrogens is 1. The number of anilines is 2. The SMILES string of the molecule is COc1ccc(C=CC(=O)N(C)CC(=O)N(CC(C)C)c2c(N)n(CC(C)C)c(=O)[nH]c2=O)cc1OC. The van der Waals surface area contributed by atoms with Crippen molar-refractivity contribution in [1.82, 2.24) is 14.5 Å². The number of likely N-dealkylation sites (N-methyl/N-ethyl adjacent to an activating group) is 1. The average molecular weight is 516 g/mol. The van der Waals surface area contributed by atoms with E-state index in [1.54, 1.807) is 24.3 Å². The molecule has 11 heteroatoms. The number of rotatable bonds is 11. The number of amides is 2. The summed E-state index contributed by atoms with van der Waals surface area (Å²) in [5.74, 6) is 0.141. The smallest absolute Gasteiger partial charge is 0.330 e. The number of nitrogen functional groups attached to an aromatic ring is 1. The number of nitrogens with two attached hydrogens (primary N) is 1. The molecule has 0 aliphatic heterocycles. The van der Waals surface area contributed by atoms with Crippen LogP contribution in [0.4, 0.5) is 11.5 Å². The predicted octanol–water partition coefficient (Wildman–Crippen LogP) is 1.95. The number of methoxy groups -OCH3 is 2. The standard InChI is InChI=1S/C26H37N5O6/c1-16(2)13-30(23-24(27)31(14-17(3)4)26(35)28-25(23)34)22(33)15-29(5)21(32)11-9-18-8-10-19(36-6)20(12-18)37-7/h8-12,16-17H,13-15,27H2,1-7H3,(H,28,34,35). The van der Waals surface area contributed by atoms with E-state index in [1.807, 2.05) is 27.7 Å². The van der Waals surface area contributed by atoms with Gasteiger partial charge in [-0.3, -0.25) is 23.9 Å². The molecule has 0 aliphatic rings. The Morgan fingerprint density at radius 1 is 1.08 bits per heavy atom. The fourth-order valence-corrected chi connectivity index (χ4v) is 3.68. The van der Waals surface area contributed by atoms with Gasteiger partial charge < -0.3 is 25.0 Å². The monoisotopic (exact) mass is 515 g/mol. The van der Waals surface area contributed by atoms with Gasteiger partial charge in [-0.15, -0.1) is 0 Å². The molecule has 0 bridgehead atoms. The summed E-state index contributed by atoms with van der Waals surface area (Å²) in [6.07, 6.45) is 2.94. The highest BCUT2D eigenvalue weighted by Gasteiger charge is 2.26. The number of nitrogens with one attached hydrogen (secondary N) is 1. The van der Waals surface area contributed by atoms with E-state index in [1.165, 1.54) is 41.7 Å². The van der Waals surface area contributed by atoms with E-state index in [9.17, 15) is 19.2 Å². The van der Waals surface area contributed by atoms with Crippen LogP contribution in [0.2, 0.25) is 0 Å². The van der Waals surface area contributed by atoms with Crippen LogP contribution in [0.15, 0.2) is 33.9 Å². The Kier molecular flexibility index (Phi) is 10.1. The average Bonchev–Trinajstić information content (AvgIpc) is 2.83. The van der Waals surface area contributed by atoms with Crippen molar-refractivity contribution in [3.63, 3.8) is 0 Å². The third kappa shape index (κ3) is 7.48. The summed E-state index contributed by atoms with van der Waals surface area (Å²) in [6, 6.07) is 5.21. The fourth-order valence-electron chi connectivity index (χ4n) is 3.68. The van der Waals surface area contributed by atoms with Crippen LogP contribution in [-0.4, -0.2) is 60.6 Å². The molecule has 202 valence electrons. The number of aromatic nitrogens is 2. The minimum absolute atomic E-state index is 0.0146. The number of carbonyl (C=O) groups is 2. The zero-order valence-corrected chi connectivity index (χ0v) is 22.5. The van der Waals surface area contributed by atoms with Crippen LogP contribution in [-0.2, 0) is 16.1 Å². The van der Waals surface area contributed by atoms with Crippen molar-refractivity contribution in [2.24, 2.45) is 11.8 Å². The molecule has 0 spiro atoms. The first kappa shape index (κ1) is 29.2. The molecule has 2 rings (SSSR count). The van der Waals surface area contributed by atoms with Crippen LogP contribution in [0.5, 0.6) is 11.5 Å². The van der Waals surface area contributed by atoms with Gasteiger partial charge in [0.05, 0.1) is 14.2 Å². The molecule has 3 N–H and O–H groups in total. The molecule has 0 saturated carbocycles. The quantitative estimate of drug-likeness (QED) is 0.436. The summed E-state index contributed by atoms with van der Waals surface area (Å²) < 4.78 is 11.7. The van der Waals surface area contributed by atoms with E-state index in [4.69, 9.17) is 15.2 Å². The molecule has 0 fully saturated rings. The Morgan fingerprint density at radius 3 is 2.30 bits per heavy atom. The molecule has 2 aromatic rings. The topological polar surface area (TPSA) is 140 Å². The summed E-state index contributed by atoms with van der Waals surface area (Å²) in [6.45, 7) is 7.73. The summed E-state index contributed by atoms with van der Waals surface area (Å²) in [4.78, 5) is 55.9. The number of hydrogen-bond donors (Lipinski definition) is 2. The largest absolute Gasteiger partial charge is 0.493 e. The zero-order valence-electron chi connectivity index (χ0n) is 22.5. The lowest BCUT2D eigenvalue weighted by atomic mass is 10.1. The highest BCUT2D eigenvalue weighted by Crippen LogP contribution is 2.28. The summed E-state index contributed by atoms with van der Waals surface area (Å²) in [5, 5.41) is 0. The molecule has 0 aliphatic carbocycles. The third-order valence-corrected chi connectivity index (χ3v) is 5.46. The number of hydrogen-bond acceptors (Lipinski definition) is 7. The van der Waals surface area contributed by atoms with E-state index in [2.05, 4.69) is 4.98 Å². The minimum atomic E-state index is -0.751. The first-order valence-corrected chi connectivity index (χ1v) is 12.0. The van der Waals surface area contributed by atoms with Gasteiger partial charge in [0.15, 0.2) is 17.2 Å². The van der Waals surface area contributed by atoms with E-state index in [0.29, 0.717) is 17.1 Å². The number of carbonyl (C=O) groups excluding carboxylic acids is 2. The lowest BCUT2D eigenvalue weighted by Gasteiger charge is -2.28. The highest BCUT2D eigenvalue weighted by atomic mass is 16.5. The Hall–Kier alpha value is -4.02. The fraction of sp³-hybridized carbons (Fsp3) is 0.462. The van der Waals surface area contributed by atoms with Crippen LogP contribution in [0.25, 0.3) is 6.08 Å². The number of ether oxygens (including phenoxy) is 2. The molecule has 1 aromatic carbocycles. The second kappa shape index (κ2) is 12.8. The molecule has 0 saturated heterocycles. The van der Waals surface area contributed by atoms with Gasteiger partial charge in [-0.2, -0.15) is 0 Å². The first-order valence-electron chi connectivity index (χ1n) is 12.0. The number of benzene rings is 1. The maximum absolute atomic E-state index is 13.3. The Bertz CT molecular complexity index is 1260. The van der Waals surface area contributed by atoms with E-state index >= 15 is 0 Å². The number of aromatic amines is 1. The van der Waals surface area contributed by atoms with E-state index in [0.717, 1.165) is 0 Å². The van der Waals surface area contributed by atoms with Crippen molar-refractivity contribution in [3.05, 3.63) is 50.7 Å². The van der Waals surface area contributed by atoms with Crippen molar-refractivity contribution >= 4 is 29.4 Å². The molecule has 11 nitrogen and oxygen atoms in total. The molecule has 0 atom stereocenters. The van der Waals surface area contributed by atoms with Crippen LogP contribution in [0.3, 0.4) is 0 Å². The van der Waals surface area contributed by atoms with Crippen LogP contribution in [0.1, 0.15) is 33.3 Å². The number of nitrogens with zero attached hydrogens (tertiary/aromatic N) is 3. The van der Waals surface area contributed by atoms with Gasteiger partial charge in [0.2, 0.25) is 11.8 Å². The lowest BCUT2D eigenvalue weighted by molar-refractivity contribution is -0.130. The lowest BCUT2D eigenvalue weighted by Crippen LogP contribution is -2.46. The van der Waals surface area contributed by atoms with Gasteiger partial charge in [0.1, 0.15) is 12.4 Å². The van der Waals surface area contributed by atoms with Gasteiger partial charge in [-0.1, -0.05) is 33.8 Å². The van der Waals surface area contributed by atoms with Gasteiger partial charge >= 0.3 is 5.69 Å². The Morgan fingerprint density at radius 2 is 1.73 bits per heavy atom. The molecule has 1 heterocycles. The third-order valence-electron chi connectivity index (χ3n) is 5.46. The normalized spacial score (nSPS) is 11.3. The first-order chi connectivity index (χ1) is 17.4. The molecule has 37 heavy (non-hydrogen) atoms. The molecule has 2 amide bonds. The summed E-state index contributed by atoms with van der Waals surface area (Å²) in [7, 11) is 4.54. The maximum atomic E-state index is 13.3. The summed E-state index contributed by atoms with van der Waals surface area (Å²) >= 11 is 0. The predicted molar refractivity (Wildman–Crippen MR) is 144 cm³/mol. The van der Waals surface area contributed by atoms with Crippen LogP contribution >= 0.6 is 0 Å². The maximum Gasteiger partial charge on any atom is 0.330 e. The van der Waals surface area contributed by atoms with Gasteiger partial charge in [0, 0.05) is 26.2 Å².